The maximum Gasteiger partial charge on any atom is 0.319 e. The van der Waals surface area contributed by atoms with E-state index in [1.54, 1.807) is 6.07 Å². The largest absolute Gasteiger partial charge is 0.508 e. The van der Waals surface area contributed by atoms with Gasteiger partial charge in [-0.25, -0.2) is 18.2 Å². The summed E-state index contributed by atoms with van der Waals surface area (Å²) in [5.74, 6) is -0.918. The molecule has 3 aliphatic heterocycles. The lowest BCUT2D eigenvalue weighted by molar-refractivity contribution is 0.0631. The second kappa shape index (κ2) is 10.6. The number of phenols is 1. The molecule has 0 bridgehead atoms. The van der Waals surface area contributed by atoms with E-state index in [4.69, 9.17) is 14.5 Å². The lowest BCUT2D eigenvalue weighted by atomic mass is 9.87. The Balaban J connectivity index is 1.32. The molecule has 2 aromatic heterocycles. The summed E-state index contributed by atoms with van der Waals surface area (Å²) < 4.78 is 58.7. The van der Waals surface area contributed by atoms with Crippen molar-refractivity contribution in [3.8, 4) is 28.9 Å². The molecular weight excluding hydrogens is 587 g/mol. The predicted octanol–water partition coefficient (Wildman–Crippen LogP) is 5.07. The number of ether oxygens (including phenoxy) is 2. The van der Waals surface area contributed by atoms with Crippen molar-refractivity contribution in [2.45, 2.75) is 69.3 Å². The molecule has 236 valence electrons. The van der Waals surface area contributed by atoms with Crippen LogP contribution in [0.4, 0.5) is 19.0 Å². The fraction of sp³-hybridized carbons (Fsp3) is 0.485. The number of anilines is 1. The van der Waals surface area contributed by atoms with Crippen molar-refractivity contribution >= 4 is 27.5 Å². The molecule has 1 saturated carbocycles. The first-order chi connectivity index (χ1) is 21.8. The number of aliphatic hydroxyl groups excluding tert-OH is 1. The average molecular weight is 622 g/mol. The van der Waals surface area contributed by atoms with Gasteiger partial charge in [-0.1, -0.05) is 13.0 Å². The lowest BCUT2D eigenvalue weighted by Crippen LogP contribution is -2.52. The van der Waals surface area contributed by atoms with E-state index >= 15 is 8.78 Å². The Bertz CT molecular complexity index is 1840. The van der Waals surface area contributed by atoms with Crippen LogP contribution in [-0.2, 0) is 6.42 Å². The van der Waals surface area contributed by atoms with E-state index in [1.807, 2.05) is 11.8 Å². The SMILES string of the molecule is CCc1c(F)ccc2cc(O)cc(-c3nc4c5c(nc(OC[C@@]67CCCN6C[C@H](F)C7)nc5c3F)N([C@H]3CC[C@H]3O)CCO4)c12. The number of hydrogen-bond acceptors (Lipinski definition) is 9. The molecule has 2 saturated heterocycles. The smallest absolute Gasteiger partial charge is 0.319 e. The highest BCUT2D eigenvalue weighted by Gasteiger charge is 2.49. The number of rotatable bonds is 6. The molecule has 2 N–H and O–H groups in total. The minimum absolute atomic E-state index is 0.0650. The first-order valence-corrected chi connectivity index (χ1v) is 15.7. The van der Waals surface area contributed by atoms with Gasteiger partial charge < -0.3 is 24.6 Å². The fourth-order valence-corrected chi connectivity index (χ4v) is 7.84. The minimum Gasteiger partial charge on any atom is -0.508 e. The summed E-state index contributed by atoms with van der Waals surface area (Å²) in [6.45, 7) is 3.68. The zero-order valence-electron chi connectivity index (χ0n) is 24.9. The summed E-state index contributed by atoms with van der Waals surface area (Å²) in [6, 6.07) is 5.45. The summed E-state index contributed by atoms with van der Waals surface area (Å²) >= 11 is 0. The third-order valence-corrected chi connectivity index (χ3v) is 10.2. The van der Waals surface area contributed by atoms with Crippen LogP contribution in [0, 0.1) is 11.6 Å². The third kappa shape index (κ3) is 4.47. The topological polar surface area (TPSA) is 104 Å². The summed E-state index contributed by atoms with van der Waals surface area (Å²) in [5, 5.41) is 22.4. The maximum atomic E-state index is 16.9. The molecule has 0 spiro atoms. The second-order valence-corrected chi connectivity index (χ2v) is 12.7. The van der Waals surface area contributed by atoms with Gasteiger partial charge in [0, 0.05) is 18.5 Å². The van der Waals surface area contributed by atoms with Crippen molar-refractivity contribution < 1.29 is 32.9 Å². The molecule has 2 aromatic carbocycles. The Morgan fingerprint density at radius 2 is 1.98 bits per heavy atom. The standard InChI is InChI=1S/C33H34F3N5O4/c1-2-20-22(35)5-4-17-12-19(42)13-21(25(17)20)28-27(36)29-26-30(41(23-6-7-24(23)43)10-11-44-31(26)37-28)39-32(38-29)45-16-33-8-3-9-40(33)15-18(34)14-33/h4-5,12-13,18,23-24,42-43H,2-3,6-11,14-16H2,1H3/t18-,23+,24-,33+/m1/s1. The van der Waals surface area contributed by atoms with Gasteiger partial charge in [0.25, 0.3) is 0 Å². The van der Waals surface area contributed by atoms with Crippen LogP contribution in [0.1, 0.15) is 44.6 Å². The van der Waals surface area contributed by atoms with Crippen molar-refractivity contribution in [1.29, 1.82) is 0 Å². The molecule has 12 heteroatoms. The molecule has 0 unspecified atom stereocenters. The van der Waals surface area contributed by atoms with Crippen LogP contribution in [0.25, 0.3) is 32.9 Å². The van der Waals surface area contributed by atoms with Gasteiger partial charge in [0.2, 0.25) is 5.88 Å². The van der Waals surface area contributed by atoms with Gasteiger partial charge >= 0.3 is 6.01 Å². The van der Waals surface area contributed by atoms with Crippen molar-refractivity contribution in [2.24, 2.45) is 0 Å². The number of aromatic hydroxyl groups is 1. The van der Waals surface area contributed by atoms with Crippen LogP contribution in [0.15, 0.2) is 24.3 Å². The summed E-state index contributed by atoms with van der Waals surface area (Å²) in [5.41, 5.74) is -0.136. The Morgan fingerprint density at radius 1 is 1.11 bits per heavy atom. The van der Waals surface area contributed by atoms with Crippen molar-refractivity contribution in [1.82, 2.24) is 19.9 Å². The molecule has 4 aliphatic rings. The van der Waals surface area contributed by atoms with Gasteiger partial charge in [0.05, 0.1) is 24.2 Å². The van der Waals surface area contributed by atoms with E-state index in [9.17, 15) is 14.6 Å². The number of pyridine rings is 1. The van der Waals surface area contributed by atoms with E-state index < -0.39 is 29.4 Å². The van der Waals surface area contributed by atoms with Gasteiger partial charge in [-0.3, -0.25) is 4.90 Å². The molecule has 9 nitrogen and oxygen atoms in total. The highest BCUT2D eigenvalue weighted by Crippen LogP contribution is 2.45. The van der Waals surface area contributed by atoms with Gasteiger partial charge in [0.1, 0.15) is 53.4 Å². The number of benzene rings is 2. The number of fused-ring (bicyclic) bond motifs is 2. The van der Waals surface area contributed by atoms with E-state index in [0.717, 1.165) is 25.8 Å². The molecule has 8 rings (SSSR count). The van der Waals surface area contributed by atoms with E-state index in [-0.39, 0.29) is 59.1 Å². The number of aliphatic hydroxyl groups is 1. The van der Waals surface area contributed by atoms with Gasteiger partial charge in [-0.2, -0.15) is 9.97 Å². The van der Waals surface area contributed by atoms with Crippen molar-refractivity contribution in [3.05, 3.63) is 41.5 Å². The average Bonchev–Trinajstić information content (AvgIpc) is 3.48. The number of alkyl halides is 1. The Hall–Kier alpha value is -3.90. The van der Waals surface area contributed by atoms with Crippen LogP contribution in [-0.4, -0.2) is 86.8 Å². The molecule has 4 aromatic rings. The number of hydrogen-bond donors (Lipinski definition) is 2. The van der Waals surface area contributed by atoms with E-state index in [1.165, 1.54) is 18.2 Å². The Kier molecular flexibility index (Phi) is 6.72. The zero-order chi connectivity index (χ0) is 31.0. The van der Waals surface area contributed by atoms with Crippen LogP contribution >= 0.6 is 0 Å². The summed E-state index contributed by atoms with van der Waals surface area (Å²) in [4.78, 5) is 17.9. The zero-order valence-corrected chi connectivity index (χ0v) is 24.9. The molecule has 1 aliphatic carbocycles. The molecule has 0 radical (unpaired) electrons. The number of aryl methyl sites for hydroxylation is 1. The normalized spacial score (nSPS) is 26.2. The van der Waals surface area contributed by atoms with E-state index in [0.29, 0.717) is 54.5 Å². The van der Waals surface area contributed by atoms with E-state index in [2.05, 4.69) is 14.9 Å². The van der Waals surface area contributed by atoms with Gasteiger partial charge in [0.15, 0.2) is 5.82 Å². The Morgan fingerprint density at radius 3 is 2.76 bits per heavy atom. The van der Waals surface area contributed by atoms with Crippen LogP contribution < -0.4 is 14.4 Å². The van der Waals surface area contributed by atoms with Gasteiger partial charge in [-0.05, 0) is 73.2 Å². The summed E-state index contributed by atoms with van der Waals surface area (Å²) in [6.07, 6.45) is 2.27. The second-order valence-electron chi connectivity index (χ2n) is 12.7. The number of phenolic OH excluding ortho intramolecular Hbond substituents is 1. The molecule has 3 fully saturated rings. The molecular formula is C33H34F3N5O4. The number of aromatic nitrogens is 3. The molecule has 5 heterocycles. The van der Waals surface area contributed by atoms with Crippen LogP contribution in [0.2, 0.25) is 0 Å². The summed E-state index contributed by atoms with van der Waals surface area (Å²) in [7, 11) is 0. The first-order valence-electron chi connectivity index (χ1n) is 15.7. The lowest BCUT2D eigenvalue weighted by Gasteiger charge is -2.41. The predicted molar refractivity (Wildman–Crippen MR) is 162 cm³/mol. The quantitative estimate of drug-likeness (QED) is 0.306. The number of nitrogens with zero attached hydrogens (tertiary/aromatic N) is 5. The maximum absolute atomic E-state index is 16.9. The molecule has 45 heavy (non-hydrogen) atoms. The fourth-order valence-electron chi connectivity index (χ4n) is 7.84. The highest BCUT2D eigenvalue weighted by molar-refractivity contribution is 6.03. The molecule has 0 amide bonds. The third-order valence-electron chi connectivity index (χ3n) is 10.2. The number of halogens is 3. The van der Waals surface area contributed by atoms with Crippen molar-refractivity contribution in [3.63, 3.8) is 0 Å². The van der Waals surface area contributed by atoms with Crippen molar-refractivity contribution in [2.75, 3.05) is 37.7 Å². The minimum atomic E-state index is -0.938. The van der Waals surface area contributed by atoms with Gasteiger partial charge in [-0.15, -0.1) is 0 Å². The van der Waals surface area contributed by atoms with Crippen LogP contribution in [0.3, 0.4) is 0 Å². The highest BCUT2D eigenvalue weighted by atomic mass is 19.1. The Labute approximate surface area is 257 Å². The molecule has 4 atom stereocenters. The monoisotopic (exact) mass is 621 g/mol. The first kappa shape index (κ1) is 28.6. The van der Waals surface area contributed by atoms with Crippen LogP contribution in [0.5, 0.6) is 17.6 Å².